The van der Waals surface area contributed by atoms with E-state index in [2.05, 4.69) is 16.3 Å². The summed E-state index contributed by atoms with van der Waals surface area (Å²) in [7, 11) is 0. The monoisotopic (exact) mass is 249 g/mol. The molecule has 2 nitrogen and oxygen atoms in total. The number of hydrogen-bond acceptors (Lipinski definition) is 3. The fourth-order valence-corrected chi connectivity index (χ4v) is 4.17. The standard InChI is InChI=1S/C14H19NOS/c16-11-14(5-1-2-6-14)10-15-7-3-13-12(9-15)4-8-17-13/h4,8,11H,1-3,5-7,9-10H2. The molecule has 1 fully saturated rings. The number of carbonyl (C=O) groups is 1. The van der Waals surface area contributed by atoms with E-state index < -0.39 is 0 Å². The zero-order valence-corrected chi connectivity index (χ0v) is 11.0. The molecular formula is C14H19NOS. The first-order chi connectivity index (χ1) is 8.31. The van der Waals surface area contributed by atoms with Gasteiger partial charge in [-0.1, -0.05) is 12.8 Å². The minimum Gasteiger partial charge on any atom is -0.303 e. The fourth-order valence-electron chi connectivity index (χ4n) is 3.28. The van der Waals surface area contributed by atoms with Crippen molar-refractivity contribution in [1.82, 2.24) is 4.90 Å². The second kappa shape index (κ2) is 4.54. The molecule has 0 unspecified atom stereocenters. The molecule has 2 heterocycles. The molecule has 3 heteroatoms. The Morgan fingerprint density at radius 3 is 3.00 bits per heavy atom. The van der Waals surface area contributed by atoms with Crippen molar-refractivity contribution < 1.29 is 4.79 Å². The summed E-state index contributed by atoms with van der Waals surface area (Å²) < 4.78 is 0. The van der Waals surface area contributed by atoms with Crippen LogP contribution in [0.25, 0.3) is 0 Å². The maximum absolute atomic E-state index is 11.4. The van der Waals surface area contributed by atoms with Crippen LogP contribution in [0.5, 0.6) is 0 Å². The lowest BCUT2D eigenvalue weighted by Crippen LogP contribution is -2.39. The van der Waals surface area contributed by atoms with Gasteiger partial charge in [-0.15, -0.1) is 11.3 Å². The third-order valence-electron chi connectivity index (χ3n) is 4.27. The van der Waals surface area contributed by atoms with E-state index in [0.717, 1.165) is 32.5 Å². The Balaban J connectivity index is 1.69. The van der Waals surface area contributed by atoms with Gasteiger partial charge in [-0.2, -0.15) is 0 Å². The number of rotatable bonds is 3. The molecule has 1 aliphatic carbocycles. The smallest absolute Gasteiger partial charge is 0.127 e. The van der Waals surface area contributed by atoms with E-state index in [9.17, 15) is 4.79 Å². The molecule has 0 saturated heterocycles. The molecule has 1 aromatic rings. The minimum atomic E-state index is -0.0203. The average molecular weight is 249 g/mol. The summed E-state index contributed by atoms with van der Waals surface area (Å²) in [6.07, 6.45) is 7.07. The van der Waals surface area contributed by atoms with E-state index in [1.807, 2.05) is 11.3 Å². The maximum Gasteiger partial charge on any atom is 0.127 e. The van der Waals surface area contributed by atoms with Crippen molar-refractivity contribution in [2.24, 2.45) is 5.41 Å². The third-order valence-corrected chi connectivity index (χ3v) is 5.30. The molecule has 0 aromatic carbocycles. The number of thiophene rings is 1. The number of fused-ring (bicyclic) bond motifs is 1. The van der Waals surface area contributed by atoms with Crippen molar-refractivity contribution in [3.63, 3.8) is 0 Å². The highest BCUT2D eigenvalue weighted by molar-refractivity contribution is 7.10. The van der Waals surface area contributed by atoms with E-state index in [4.69, 9.17) is 0 Å². The van der Waals surface area contributed by atoms with Crippen LogP contribution in [0.3, 0.4) is 0 Å². The van der Waals surface area contributed by atoms with Crippen LogP contribution < -0.4 is 0 Å². The Morgan fingerprint density at radius 1 is 1.41 bits per heavy atom. The summed E-state index contributed by atoms with van der Waals surface area (Å²) >= 11 is 1.88. The second-order valence-electron chi connectivity index (χ2n) is 5.52. The normalized spacial score (nSPS) is 23.5. The van der Waals surface area contributed by atoms with Crippen LogP contribution >= 0.6 is 11.3 Å². The Labute approximate surface area is 107 Å². The van der Waals surface area contributed by atoms with Gasteiger partial charge in [-0.3, -0.25) is 4.90 Å². The molecule has 0 spiro atoms. The van der Waals surface area contributed by atoms with E-state index in [-0.39, 0.29) is 5.41 Å². The third kappa shape index (κ3) is 2.18. The zero-order valence-electron chi connectivity index (χ0n) is 10.2. The van der Waals surface area contributed by atoms with Crippen LogP contribution in [0, 0.1) is 5.41 Å². The van der Waals surface area contributed by atoms with E-state index >= 15 is 0 Å². The largest absolute Gasteiger partial charge is 0.303 e. The molecule has 92 valence electrons. The first-order valence-electron chi connectivity index (χ1n) is 6.55. The highest BCUT2D eigenvalue weighted by Gasteiger charge is 2.36. The van der Waals surface area contributed by atoms with Crippen molar-refractivity contribution in [2.45, 2.75) is 38.6 Å². The maximum atomic E-state index is 11.4. The lowest BCUT2D eigenvalue weighted by atomic mass is 9.87. The van der Waals surface area contributed by atoms with Gasteiger partial charge in [0.2, 0.25) is 0 Å². The van der Waals surface area contributed by atoms with Crippen LogP contribution in [0.2, 0.25) is 0 Å². The lowest BCUT2D eigenvalue weighted by molar-refractivity contribution is -0.117. The van der Waals surface area contributed by atoms with E-state index in [0.29, 0.717) is 0 Å². The summed E-state index contributed by atoms with van der Waals surface area (Å²) in [6.45, 7) is 3.16. The van der Waals surface area contributed by atoms with Gasteiger partial charge in [0.1, 0.15) is 6.29 Å². The molecule has 3 rings (SSSR count). The summed E-state index contributed by atoms with van der Waals surface area (Å²) in [6, 6.07) is 2.24. The Kier molecular flexibility index (Phi) is 3.05. The Hall–Kier alpha value is -0.670. The van der Waals surface area contributed by atoms with Crippen LogP contribution in [-0.2, 0) is 17.8 Å². The predicted octanol–water partition coefficient (Wildman–Crippen LogP) is 2.87. The molecule has 0 N–H and O–H groups in total. The fraction of sp³-hybridized carbons (Fsp3) is 0.643. The summed E-state index contributed by atoms with van der Waals surface area (Å²) in [5, 5.41) is 2.19. The molecule has 0 atom stereocenters. The van der Waals surface area contributed by atoms with Crippen LogP contribution in [-0.4, -0.2) is 24.3 Å². The Morgan fingerprint density at radius 2 is 2.24 bits per heavy atom. The number of carbonyl (C=O) groups excluding carboxylic acids is 1. The molecule has 0 bridgehead atoms. The summed E-state index contributed by atoms with van der Waals surface area (Å²) in [5.41, 5.74) is 1.47. The van der Waals surface area contributed by atoms with Gasteiger partial charge in [-0.05, 0) is 36.3 Å². The highest BCUT2D eigenvalue weighted by atomic mass is 32.1. The SMILES string of the molecule is O=CC1(CN2CCc3sccc3C2)CCCC1. The summed E-state index contributed by atoms with van der Waals surface area (Å²) in [5.74, 6) is 0. The molecule has 1 aliphatic heterocycles. The molecule has 17 heavy (non-hydrogen) atoms. The van der Waals surface area contributed by atoms with Crippen LogP contribution in [0.4, 0.5) is 0 Å². The van der Waals surface area contributed by atoms with Gasteiger partial charge in [0.25, 0.3) is 0 Å². The van der Waals surface area contributed by atoms with Crippen molar-refractivity contribution in [2.75, 3.05) is 13.1 Å². The Bertz CT molecular complexity index is 406. The zero-order chi connectivity index (χ0) is 11.7. The van der Waals surface area contributed by atoms with Gasteiger partial charge in [0.05, 0.1) is 0 Å². The molecule has 1 aromatic heterocycles. The van der Waals surface area contributed by atoms with Gasteiger partial charge < -0.3 is 4.79 Å². The molecule has 0 radical (unpaired) electrons. The molecule has 2 aliphatic rings. The highest BCUT2D eigenvalue weighted by Crippen LogP contribution is 2.38. The quantitative estimate of drug-likeness (QED) is 0.768. The minimum absolute atomic E-state index is 0.0203. The van der Waals surface area contributed by atoms with Gasteiger partial charge in [-0.25, -0.2) is 0 Å². The number of nitrogens with zero attached hydrogens (tertiary/aromatic N) is 1. The van der Waals surface area contributed by atoms with Gasteiger partial charge in [0, 0.05) is 29.9 Å². The first kappa shape index (κ1) is 11.4. The first-order valence-corrected chi connectivity index (χ1v) is 7.43. The second-order valence-corrected chi connectivity index (χ2v) is 6.52. The predicted molar refractivity (Wildman–Crippen MR) is 70.3 cm³/mol. The van der Waals surface area contributed by atoms with Crippen molar-refractivity contribution in [3.8, 4) is 0 Å². The summed E-state index contributed by atoms with van der Waals surface area (Å²) in [4.78, 5) is 15.4. The number of hydrogen-bond donors (Lipinski definition) is 0. The number of aldehydes is 1. The molecular weight excluding hydrogens is 230 g/mol. The molecule has 1 saturated carbocycles. The topological polar surface area (TPSA) is 20.3 Å². The van der Waals surface area contributed by atoms with Crippen LogP contribution in [0.15, 0.2) is 11.4 Å². The van der Waals surface area contributed by atoms with E-state index in [1.165, 1.54) is 31.1 Å². The average Bonchev–Trinajstić information content (AvgIpc) is 2.97. The van der Waals surface area contributed by atoms with Gasteiger partial charge in [0.15, 0.2) is 0 Å². The van der Waals surface area contributed by atoms with Crippen LogP contribution in [0.1, 0.15) is 36.1 Å². The van der Waals surface area contributed by atoms with Crippen molar-refractivity contribution >= 4 is 17.6 Å². The lowest BCUT2D eigenvalue weighted by Gasteiger charge is -2.33. The van der Waals surface area contributed by atoms with Crippen molar-refractivity contribution in [3.05, 3.63) is 21.9 Å². The van der Waals surface area contributed by atoms with Gasteiger partial charge >= 0.3 is 0 Å². The van der Waals surface area contributed by atoms with Crippen molar-refractivity contribution in [1.29, 1.82) is 0 Å². The molecule has 0 amide bonds. The van der Waals surface area contributed by atoms with E-state index in [1.54, 1.807) is 4.88 Å².